The highest BCUT2D eigenvalue weighted by Crippen LogP contribution is 2.32. The molecule has 1 aromatic rings. The summed E-state index contributed by atoms with van der Waals surface area (Å²) in [6.45, 7) is 1.69. The van der Waals surface area contributed by atoms with E-state index in [1.807, 2.05) is 6.07 Å². The van der Waals surface area contributed by atoms with Crippen LogP contribution in [0.15, 0.2) is 17.3 Å². The van der Waals surface area contributed by atoms with Crippen LogP contribution in [0.4, 0.5) is 5.69 Å². The minimum Gasteiger partial charge on any atom is -0.312 e. The molecule has 0 radical (unpaired) electrons. The first-order valence-corrected chi connectivity index (χ1v) is 4.55. The van der Waals surface area contributed by atoms with Crippen molar-refractivity contribution in [3.05, 3.63) is 33.2 Å². The molecule has 68 valence electrons. The van der Waals surface area contributed by atoms with Crippen molar-refractivity contribution in [3.63, 3.8) is 0 Å². The molecule has 0 bridgehead atoms. The Kier molecular flexibility index (Phi) is 2.29. The van der Waals surface area contributed by atoms with E-state index in [2.05, 4.69) is 10.5 Å². The fourth-order valence-electron chi connectivity index (χ4n) is 1.63. The maximum Gasteiger partial charge on any atom is 0.130 e. The van der Waals surface area contributed by atoms with Gasteiger partial charge in [0.25, 0.3) is 0 Å². The number of hydrogen-bond acceptors (Lipinski definition) is 3. The summed E-state index contributed by atoms with van der Waals surface area (Å²) in [5.41, 5.74) is 2.55. The van der Waals surface area contributed by atoms with Crippen molar-refractivity contribution in [3.8, 4) is 0 Å². The van der Waals surface area contributed by atoms with Crippen LogP contribution in [0.3, 0.4) is 0 Å². The Bertz CT molecular complexity index is 352. The predicted molar refractivity (Wildman–Crippen MR) is 52.3 cm³/mol. The maximum absolute atomic E-state index is 10.5. The molecular formula is C9H9ClN2O. The lowest BCUT2D eigenvalue weighted by Gasteiger charge is -2.18. The van der Waals surface area contributed by atoms with E-state index in [-0.39, 0.29) is 0 Å². The van der Waals surface area contributed by atoms with E-state index < -0.39 is 0 Å². The number of halogens is 1. The molecule has 2 rings (SSSR count). The predicted octanol–water partition coefficient (Wildman–Crippen LogP) is 2.38. The third kappa shape index (κ3) is 1.45. The van der Waals surface area contributed by atoms with Gasteiger partial charge in [-0.05, 0) is 35.3 Å². The number of hydrogen-bond donors (Lipinski definition) is 1. The van der Waals surface area contributed by atoms with E-state index in [1.165, 1.54) is 0 Å². The monoisotopic (exact) mass is 196 g/mol. The van der Waals surface area contributed by atoms with Gasteiger partial charge in [-0.1, -0.05) is 17.7 Å². The molecule has 3 nitrogen and oxygen atoms in total. The highest BCUT2D eigenvalue weighted by atomic mass is 35.5. The number of nitrogens with one attached hydrogen (secondary N) is 1. The van der Waals surface area contributed by atoms with E-state index in [1.54, 1.807) is 6.07 Å². The van der Waals surface area contributed by atoms with E-state index in [9.17, 15) is 4.91 Å². The molecule has 0 spiro atoms. The lowest BCUT2D eigenvalue weighted by Crippen LogP contribution is -2.23. The molecule has 0 atom stereocenters. The van der Waals surface area contributed by atoms with Crippen LogP contribution < -0.4 is 5.32 Å². The van der Waals surface area contributed by atoms with Gasteiger partial charge < -0.3 is 5.32 Å². The third-order valence-corrected chi connectivity index (χ3v) is 2.59. The SMILES string of the molecule is O=Nc1c(Cl)ccc2c1CCNC2. The van der Waals surface area contributed by atoms with Gasteiger partial charge in [0.2, 0.25) is 0 Å². The van der Waals surface area contributed by atoms with Crippen LogP contribution in [0.1, 0.15) is 11.1 Å². The first kappa shape index (κ1) is 8.66. The van der Waals surface area contributed by atoms with E-state index in [0.29, 0.717) is 10.7 Å². The van der Waals surface area contributed by atoms with Crippen LogP contribution in [0, 0.1) is 4.91 Å². The smallest absolute Gasteiger partial charge is 0.130 e. The highest BCUT2D eigenvalue weighted by Gasteiger charge is 2.15. The second-order valence-electron chi connectivity index (χ2n) is 3.05. The van der Waals surface area contributed by atoms with Gasteiger partial charge in [-0.15, -0.1) is 4.91 Å². The summed E-state index contributed by atoms with van der Waals surface area (Å²) in [5.74, 6) is 0. The van der Waals surface area contributed by atoms with Crippen molar-refractivity contribution in [2.75, 3.05) is 6.54 Å². The first-order valence-electron chi connectivity index (χ1n) is 4.17. The van der Waals surface area contributed by atoms with Crippen molar-refractivity contribution in [1.29, 1.82) is 0 Å². The van der Waals surface area contributed by atoms with Crippen LogP contribution >= 0.6 is 11.6 Å². The Balaban J connectivity index is 2.58. The molecule has 0 unspecified atom stereocenters. The van der Waals surface area contributed by atoms with Crippen molar-refractivity contribution in [2.24, 2.45) is 5.18 Å². The zero-order chi connectivity index (χ0) is 9.26. The van der Waals surface area contributed by atoms with Gasteiger partial charge in [-0.3, -0.25) is 0 Å². The number of nitrogens with zero attached hydrogens (tertiary/aromatic N) is 1. The normalized spacial score (nSPS) is 15.2. The van der Waals surface area contributed by atoms with Crippen LogP contribution in [-0.4, -0.2) is 6.54 Å². The van der Waals surface area contributed by atoms with Gasteiger partial charge >= 0.3 is 0 Å². The minimum atomic E-state index is 0.417. The third-order valence-electron chi connectivity index (χ3n) is 2.29. The van der Waals surface area contributed by atoms with Crippen LogP contribution in [0.5, 0.6) is 0 Å². The van der Waals surface area contributed by atoms with Gasteiger partial charge in [-0.25, -0.2) is 0 Å². The summed E-state index contributed by atoms with van der Waals surface area (Å²) >= 11 is 5.85. The van der Waals surface area contributed by atoms with Crippen LogP contribution in [0.25, 0.3) is 0 Å². The Morgan fingerprint density at radius 2 is 2.31 bits per heavy atom. The van der Waals surface area contributed by atoms with E-state index in [0.717, 1.165) is 30.6 Å². The average molecular weight is 197 g/mol. The zero-order valence-corrected chi connectivity index (χ0v) is 7.77. The molecule has 1 N–H and O–H groups in total. The Hall–Kier alpha value is -0.930. The Morgan fingerprint density at radius 3 is 3.08 bits per heavy atom. The molecule has 1 aromatic carbocycles. The Morgan fingerprint density at radius 1 is 1.46 bits per heavy atom. The molecule has 1 aliphatic heterocycles. The fraction of sp³-hybridized carbons (Fsp3) is 0.333. The number of fused-ring (bicyclic) bond motifs is 1. The summed E-state index contributed by atoms with van der Waals surface area (Å²) in [6.07, 6.45) is 0.830. The standard InChI is InChI=1S/C9H9ClN2O/c10-8-2-1-6-5-11-4-3-7(6)9(8)12-13/h1-2,11H,3-5H2. The van der Waals surface area contributed by atoms with Gasteiger partial charge in [0.05, 0.1) is 5.02 Å². The van der Waals surface area contributed by atoms with Gasteiger partial charge in [0.15, 0.2) is 0 Å². The van der Waals surface area contributed by atoms with Gasteiger partial charge in [-0.2, -0.15) is 0 Å². The van der Waals surface area contributed by atoms with Crippen molar-refractivity contribution in [2.45, 2.75) is 13.0 Å². The Labute approximate surface area is 81.1 Å². The van der Waals surface area contributed by atoms with Crippen LogP contribution in [0.2, 0.25) is 5.02 Å². The lowest BCUT2D eigenvalue weighted by atomic mass is 9.99. The quantitative estimate of drug-likeness (QED) is 0.701. The van der Waals surface area contributed by atoms with Gasteiger partial charge in [0.1, 0.15) is 5.69 Å². The highest BCUT2D eigenvalue weighted by molar-refractivity contribution is 6.33. The van der Waals surface area contributed by atoms with Crippen molar-refractivity contribution in [1.82, 2.24) is 5.32 Å². The molecule has 0 aliphatic carbocycles. The van der Waals surface area contributed by atoms with Crippen molar-refractivity contribution < 1.29 is 0 Å². The van der Waals surface area contributed by atoms with Crippen molar-refractivity contribution >= 4 is 17.3 Å². The second-order valence-corrected chi connectivity index (χ2v) is 3.46. The first-order chi connectivity index (χ1) is 6.33. The molecule has 0 saturated carbocycles. The summed E-state index contributed by atoms with van der Waals surface area (Å²) in [5, 5.41) is 6.65. The largest absolute Gasteiger partial charge is 0.312 e. The molecule has 4 heteroatoms. The van der Waals surface area contributed by atoms with Gasteiger partial charge in [0, 0.05) is 6.54 Å². The second kappa shape index (κ2) is 3.44. The summed E-state index contributed by atoms with van der Waals surface area (Å²) < 4.78 is 0. The topological polar surface area (TPSA) is 41.5 Å². The molecule has 1 aliphatic rings. The molecule has 0 fully saturated rings. The van der Waals surface area contributed by atoms with E-state index >= 15 is 0 Å². The minimum absolute atomic E-state index is 0.417. The average Bonchev–Trinajstić information content (AvgIpc) is 2.18. The fourth-order valence-corrected chi connectivity index (χ4v) is 1.84. The molecule has 0 saturated heterocycles. The maximum atomic E-state index is 10.5. The molecule has 13 heavy (non-hydrogen) atoms. The molecule has 1 heterocycles. The van der Waals surface area contributed by atoms with Crippen LogP contribution in [-0.2, 0) is 13.0 Å². The number of rotatable bonds is 1. The molecule has 0 amide bonds. The number of nitroso groups, excluding NO2 is 1. The molecular weight excluding hydrogens is 188 g/mol. The molecule has 0 aromatic heterocycles. The summed E-state index contributed by atoms with van der Waals surface area (Å²) in [4.78, 5) is 10.5. The summed E-state index contributed by atoms with van der Waals surface area (Å²) in [7, 11) is 0. The summed E-state index contributed by atoms with van der Waals surface area (Å²) in [6, 6.07) is 3.67. The van der Waals surface area contributed by atoms with E-state index in [4.69, 9.17) is 11.6 Å². The lowest BCUT2D eigenvalue weighted by molar-refractivity contribution is 0.644. The zero-order valence-electron chi connectivity index (χ0n) is 7.01. The number of benzene rings is 1.